The van der Waals surface area contributed by atoms with Crippen molar-refractivity contribution in [2.24, 2.45) is 17.1 Å². The molecule has 0 amide bonds. The van der Waals surface area contributed by atoms with E-state index in [4.69, 9.17) is 10.5 Å². The summed E-state index contributed by atoms with van der Waals surface area (Å²) in [6.07, 6.45) is -3.17. The van der Waals surface area contributed by atoms with Crippen molar-refractivity contribution in [2.75, 3.05) is 0 Å². The van der Waals surface area contributed by atoms with Crippen LogP contribution in [0.2, 0.25) is 0 Å². The summed E-state index contributed by atoms with van der Waals surface area (Å²) in [4.78, 5) is 11.6. The van der Waals surface area contributed by atoms with Gasteiger partial charge in [0, 0.05) is 0 Å². The molecule has 3 atom stereocenters. The lowest BCUT2D eigenvalue weighted by Crippen LogP contribution is -2.58. The maximum absolute atomic E-state index is 12.6. The van der Waals surface area contributed by atoms with Crippen molar-refractivity contribution < 1.29 is 22.7 Å². The molecule has 0 radical (unpaired) electrons. The third kappa shape index (κ3) is 3.84. The van der Waals surface area contributed by atoms with Crippen LogP contribution in [0.4, 0.5) is 13.2 Å². The minimum absolute atomic E-state index is 0.0359. The van der Waals surface area contributed by atoms with Crippen molar-refractivity contribution in [3.8, 4) is 0 Å². The molecule has 0 aromatic rings. The molecular weight excluding hydrogens is 259 g/mol. The molecule has 3 nitrogen and oxygen atoms in total. The zero-order valence-electron chi connectivity index (χ0n) is 11.8. The van der Waals surface area contributed by atoms with E-state index in [0.29, 0.717) is 25.7 Å². The van der Waals surface area contributed by atoms with Crippen molar-refractivity contribution in [3.63, 3.8) is 0 Å². The van der Waals surface area contributed by atoms with Gasteiger partial charge in [0.05, 0.1) is 0 Å². The minimum Gasteiger partial charge on any atom is -0.461 e. The molecule has 1 aliphatic rings. The molecule has 0 bridgehead atoms. The summed E-state index contributed by atoms with van der Waals surface area (Å²) in [5.41, 5.74) is 2.07. The Hall–Kier alpha value is -0.780. The third-order valence-corrected chi connectivity index (χ3v) is 3.63. The van der Waals surface area contributed by atoms with Crippen LogP contribution >= 0.6 is 0 Å². The standard InChI is InChI=1S/C13H22F3NO2/c1-8-5-9(7-11(2,3)6-8)19-10(18)12(4,17)13(14,15)16/h8-9H,5-7,17H2,1-4H3. The first-order valence-corrected chi connectivity index (χ1v) is 6.42. The van der Waals surface area contributed by atoms with Gasteiger partial charge in [0.15, 0.2) is 0 Å². The topological polar surface area (TPSA) is 52.3 Å². The van der Waals surface area contributed by atoms with Crippen LogP contribution < -0.4 is 5.73 Å². The Morgan fingerprint density at radius 2 is 1.84 bits per heavy atom. The van der Waals surface area contributed by atoms with E-state index in [2.05, 4.69) is 0 Å². The van der Waals surface area contributed by atoms with E-state index in [0.717, 1.165) is 6.42 Å². The van der Waals surface area contributed by atoms with Gasteiger partial charge in [-0.1, -0.05) is 20.8 Å². The van der Waals surface area contributed by atoms with Crippen LogP contribution in [-0.2, 0) is 9.53 Å². The molecule has 0 aromatic carbocycles. The number of nitrogens with two attached hydrogens (primary N) is 1. The first-order valence-electron chi connectivity index (χ1n) is 6.42. The van der Waals surface area contributed by atoms with Crippen LogP contribution in [0, 0.1) is 11.3 Å². The first kappa shape index (κ1) is 16.3. The number of alkyl halides is 3. The molecule has 1 aliphatic carbocycles. The van der Waals surface area contributed by atoms with Crippen molar-refractivity contribution in [3.05, 3.63) is 0 Å². The van der Waals surface area contributed by atoms with Gasteiger partial charge in [-0.3, -0.25) is 0 Å². The number of hydrogen-bond acceptors (Lipinski definition) is 3. The number of hydrogen-bond donors (Lipinski definition) is 1. The van der Waals surface area contributed by atoms with Gasteiger partial charge in [0.25, 0.3) is 0 Å². The third-order valence-electron chi connectivity index (χ3n) is 3.63. The normalized spacial score (nSPS) is 30.5. The van der Waals surface area contributed by atoms with Crippen LogP contribution in [-0.4, -0.2) is 23.8 Å². The van der Waals surface area contributed by atoms with Gasteiger partial charge >= 0.3 is 12.1 Å². The van der Waals surface area contributed by atoms with Gasteiger partial charge in [-0.2, -0.15) is 13.2 Å². The Kier molecular flexibility index (Phi) is 4.25. The molecule has 112 valence electrons. The van der Waals surface area contributed by atoms with Crippen molar-refractivity contribution in [1.82, 2.24) is 0 Å². The number of halogens is 3. The maximum Gasteiger partial charge on any atom is 0.416 e. The zero-order valence-corrected chi connectivity index (χ0v) is 11.8. The molecule has 19 heavy (non-hydrogen) atoms. The van der Waals surface area contributed by atoms with E-state index >= 15 is 0 Å². The lowest BCUT2D eigenvalue weighted by molar-refractivity contribution is -0.207. The maximum atomic E-state index is 12.6. The summed E-state index contributed by atoms with van der Waals surface area (Å²) in [7, 11) is 0. The van der Waals surface area contributed by atoms with Gasteiger partial charge in [-0.15, -0.1) is 0 Å². The summed E-state index contributed by atoms with van der Waals surface area (Å²) < 4.78 is 42.9. The molecule has 2 N–H and O–H groups in total. The van der Waals surface area contributed by atoms with E-state index in [1.165, 1.54) is 0 Å². The summed E-state index contributed by atoms with van der Waals surface area (Å²) >= 11 is 0. The molecule has 0 heterocycles. The quantitative estimate of drug-likeness (QED) is 0.792. The number of carbonyl (C=O) groups excluding carboxylic acids is 1. The Morgan fingerprint density at radius 1 is 1.32 bits per heavy atom. The number of carbonyl (C=O) groups is 1. The number of rotatable bonds is 2. The fourth-order valence-corrected chi connectivity index (χ4v) is 2.74. The molecule has 3 unspecified atom stereocenters. The molecule has 0 spiro atoms. The molecule has 1 saturated carbocycles. The van der Waals surface area contributed by atoms with Crippen LogP contribution in [0.25, 0.3) is 0 Å². The highest BCUT2D eigenvalue weighted by Crippen LogP contribution is 2.40. The highest BCUT2D eigenvalue weighted by Gasteiger charge is 2.56. The van der Waals surface area contributed by atoms with Crippen molar-refractivity contribution in [2.45, 2.75) is 64.8 Å². The zero-order chi connectivity index (χ0) is 15.1. The van der Waals surface area contributed by atoms with E-state index in [1.807, 2.05) is 20.8 Å². The fourth-order valence-electron chi connectivity index (χ4n) is 2.74. The van der Waals surface area contributed by atoms with Gasteiger partial charge < -0.3 is 10.5 Å². The minimum atomic E-state index is -4.81. The largest absolute Gasteiger partial charge is 0.461 e. The first-order chi connectivity index (χ1) is 8.35. The van der Waals surface area contributed by atoms with Crippen LogP contribution in [0.3, 0.4) is 0 Å². The van der Waals surface area contributed by atoms with Gasteiger partial charge in [-0.05, 0) is 37.5 Å². The van der Waals surface area contributed by atoms with E-state index in [1.54, 1.807) is 0 Å². The smallest absolute Gasteiger partial charge is 0.416 e. The van der Waals surface area contributed by atoms with E-state index in [9.17, 15) is 18.0 Å². The number of ether oxygens (including phenoxy) is 1. The second-order valence-corrected chi connectivity index (χ2v) is 6.64. The lowest BCUT2D eigenvalue weighted by Gasteiger charge is -2.39. The second kappa shape index (κ2) is 4.96. The predicted molar refractivity (Wildman–Crippen MR) is 65.3 cm³/mol. The Bertz CT molecular complexity index is 350. The van der Waals surface area contributed by atoms with Crippen molar-refractivity contribution in [1.29, 1.82) is 0 Å². The molecule has 1 rings (SSSR count). The highest BCUT2D eigenvalue weighted by atomic mass is 19.4. The Labute approximate surface area is 111 Å². The monoisotopic (exact) mass is 281 g/mol. The lowest BCUT2D eigenvalue weighted by atomic mass is 9.71. The summed E-state index contributed by atoms with van der Waals surface area (Å²) in [6.45, 7) is 6.70. The number of esters is 1. The van der Waals surface area contributed by atoms with E-state index in [-0.39, 0.29) is 5.41 Å². The Balaban J connectivity index is 2.72. The van der Waals surface area contributed by atoms with Crippen LogP contribution in [0.15, 0.2) is 0 Å². The SMILES string of the molecule is CC1CC(OC(=O)C(C)(N)C(F)(F)F)CC(C)(C)C1. The van der Waals surface area contributed by atoms with Crippen LogP contribution in [0.1, 0.15) is 47.0 Å². The summed E-state index contributed by atoms with van der Waals surface area (Å²) in [5, 5.41) is 0. The highest BCUT2D eigenvalue weighted by molar-refractivity contribution is 5.81. The van der Waals surface area contributed by atoms with E-state index < -0.39 is 23.8 Å². The molecule has 6 heteroatoms. The van der Waals surface area contributed by atoms with Crippen LogP contribution in [0.5, 0.6) is 0 Å². The van der Waals surface area contributed by atoms with Gasteiger partial charge in [0.2, 0.25) is 5.54 Å². The summed E-state index contributed by atoms with van der Waals surface area (Å²) in [6, 6.07) is 0. The average molecular weight is 281 g/mol. The molecule has 0 aliphatic heterocycles. The molecule has 1 fully saturated rings. The van der Waals surface area contributed by atoms with Crippen molar-refractivity contribution >= 4 is 5.97 Å². The predicted octanol–water partition coefficient (Wildman–Crippen LogP) is 3.02. The average Bonchev–Trinajstić information content (AvgIpc) is 2.11. The molecule has 0 saturated heterocycles. The summed E-state index contributed by atoms with van der Waals surface area (Å²) in [5.74, 6) is -1.08. The molecule has 0 aromatic heterocycles. The fraction of sp³-hybridized carbons (Fsp3) is 0.923. The Morgan fingerprint density at radius 3 is 2.26 bits per heavy atom. The molecular formula is C13H22F3NO2. The second-order valence-electron chi connectivity index (χ2n) is 6.64. The van der Waals surface area contributed by atoms with Gasteiger partial charge in [-0.25, -0.2) is 4.79 Å². The van der Waals surface area contributed by atoms with Gasteiger partial charge in [0.1, 0.15) is 6.10 Å².